The first-order chi connectivity index (χ1) is 9.33. The highest BCUT2D eigenvalue weighted by atomic mass is 16.5. The van der Waals surface area contributed by atoms with E-state index in [1.165, 1.54) is 12.8 Å². The van der Waals surface area contributed by atoms with Gasteiger partial charge in [-0.3, -0.25) is 0 Å². The standard InChI is InChI=1S/C14H23N3O2/c1-10(11-4-6-15-7-5-11)9-13-16-14(17-19-13)12-3-2-8-18-12/h10-12,15H,2-9H2,1H3. The zero-order chi connectivity index (χ0) is 13.1. The minimum atomic E-state index is 0.0617. The highest BCUT2D eigenvalue weighted by Crippen LogP contribution is 2.28. The summed E-state index contributed by atoms with van der Waals surface area (Å²) >= 11 is 0. The average molecular weight is 265 g/mol. The van der Waals surface area contributed by atoms with Crippen LogP contribution in [0.25, 0.3) is 0 Å². The molecule has 0 amide bonds. The Morgan fingerprint density at radius 1 is 1.32 bits per heavy atom. The zero-order valence-electron chi connectivity index (χ0n) is 11.6. The molecule has 2 aliphatic heterocycles. The van der Waals surface area contributed by atoms with E-state index in [4.69, 9.17) is 9.26 Å². The molecule has 1 N–H and O–H groups in total. The number of ether oxygens (including phenoxy) is 1. The summed E-state index contributed by atoms with van der Waals surface area (Å²) < 4.78 is 11.0. The van der Waals surface area contributed by atoms with Crippen molar-refractivity contribution in [2.45, 2.75) is 45.1 Å². The molecule has 1 aromatic heterocycles. The molecule has 0 saturated carbocycles. The van der Waals surface area contributed by atoms with Gasteiger partial charge in [0.15, 0.2) is 0 Å². The van der Waals surface area contributed by atoms with Crippen LogP contribution in [0.15, 0.2) is 4.52 Å². The number of piperidine rings is 1. The fourth-order valence-electron chi connectivity index (χ4n) is 3.12. The number of nitrogens with one attached hydrogen (secondary N) is 1. The predicted octanol–water partition coefficient (Wildman–Crippen LogP) is 2.10. The summed E-state index contributed by atoms with van der Waals surface area (Å²) in [5, 5.41) is 7.48. The molecule has 106 valence electrons. The van der Waals surface area contributed by atoms with Crippen molar-refractivity contribution in [2.75, 3.05) is 19.7 Å². The molecular formula is C14H23N3O2. The van der Waals surface area contributed by atoms with E-state index < -0.39 is 0 Å². The van der Waals surface area contributed by atoms with Gasteiger partial charge in [0.25, 0.3) is 0 Å². The first-order valence-electron chi connectivity index (χ1n) is 7.47. The molecule has 0 spiro atoms. The minimum absolute atomic E-state index is 0.0617. The first kappa shape index (κ1) is 13.1. The van der Waals surface area contributed by atoms with E-state index in [9.17, 15) is 0 Å². The van der Waals surface area contributed by atoms with Crippen molar-refractivity contribution < 1.29 is 9.26 Å². The molecule has 0 bridgehead atoms. The van der Waals surface area contributed by atoms with Crippen LogP contribution >= 0.6 is 0 Å². The second kappa shape index (κ2) is 6.01. The third-order valence-electron chi connectivity index (χ3n) is 4.39. The van der Waals surface area contributed by atoms with Crippen LogP contribution < -0.4 is 5.32 Å². The van der Waals surface area contributed by atoms with Crippen molar-refractivity contribution in [3.05, 3.63) is 11.7 Å². The summed E-state index contributed by atoms with van der Waals surface area (Å²) in [5.74, 6) is 2.90. The highest BCUT2D eigenvalue weighted by Gasteiger charge is 2.25. The van der Waals surface area contributed by atoms with E-state index >= 15 is 0 Å². The van der Waals surface area contributed by atoms with Gasteiger partial charge >= 0.3 is 0 Å². The Balaban J connectivity index is 1.56. The molecular weight excluding hydrogens is 242 g/mol. The van der Waals surface area contributed by atoms with Crippen molar-refractivity contribution in [1.29, 1.82) is 0 Å². The summed E-state index contributed by atoms with van der Waals surface area (Å²) in [7, 11) is 0. The zero-order valence-corrected chi connectivity index (χ0v) is 11.6. The average Bonchev–Trinajstić information content (AvgIpc) is 3.10. The molecule has 19 heavy (non-hydrogen) atoms. The summed E-state index contributed by atoms with van der Waals surface area (Å²) in [5.41, 5.74) is 0. The number of hydrogen-bond acceptors (Lipinski definition) is 5. The lowest BCUT2D eigenvalue weighted by molar-refractivity contribution is 0.103. The monoisotopic (exact) mass is 265 g/mol. The Labute approximate surface area is 114 Å². The smallest absolute Gasteiger partial charge is 0.227 e. The Morgan fingerprint density at radius 2 is 2.16 bits per heavy atom. The van der Waals surface area contributed by atoms with Gasteiger partial charge in [-0.2, -0.15) is 4.98 Å². The number of hydrogen-bond donors (Lipinski definition) is 1. The summed E-state index contributed by atoms with van der Waals surface area (Å²) in [6.07, 6.45) is 5.58. The van der Waals surface area contributed by atoms with E-state index in [0.29, 0.717) is 5.92 Å². The minimum Gasteiger partial charge on any atom is -0.370 e. The van der Waals surface area contributed by atoms with Crippen LogP contribution in [0.5, 0.6) is 0 Å². The maximum atomic E-state index is 5.58. The summed E-state index contributed by atoms with van der Waals surface area (Å²) in [6, 6.07) is 0. The summed E-state index contributed by atoms with van der Waals surface area (Å²) in [6.45, 7) is 5.39. The molecule has 0 aliphatic carbocycles. The maximum Gasteiger partial charge on any atom is 0.227 e. The van der Waals surface area contributed by atoms with Gasteiger partial charge in [0, 0.05) is 13.0 Å². The quantitative estimate of drug-likeness (QED) is 0.903. The third-order valence-corrected chi connectivity index (χ3v) is 4.39. The fourth-order valence-corrected chi connectivity index (χ4v) is 3.12. The molecule has 0 aromatic carbocycles. The molecule has 5 nitrogen and oxygen atoms in total. The van der Waals surface area contributed by atoms with Crippen molar-refractivity contribution in [3.8, 4) is 0 Å². The van der Waals surface area contributed by atoms with Crippen molar-refractivity contribution >= 4 is 0 Å². The van der Waals surface area contributed by atoms with Gasteiger partial charge in [-0.05, 0) is 50.6 Å². The molecule has 5 heteroatoms. The van der Waals surface area contributed by atoms with Gasteiger partial charge in [0.1, 0.15) is 6.10 Å². The molecule has 1 aromatic rings. The van der Waals surface area contributed by atoms with Crippen molar-refractivity contribution in [1.82, 2.24) is 15.5 Å². The van der Waals surface area contributed by atoms with Crippen LogP contribution in [0.2, 0.25) is 0 Å². The molecule has 2 aliphatic rings. The molecule has 0 radical (unpaired) electrons. The van der Waals surface area contributed by atoms with Crippen molar-refractivity contribution in [2.24, 2.45) is 11.8 Å². The summed E-state index contributed by atoms with van der Waals surface area (Å²) in [4.78, 5) is 4.51. The Kier molecular flexibility index (Phi) is 4.13. The second-order valence-corrected chi connectivity index (χ2v) is 5.82. The van der Waals surface area contributed by atoms with Crippen molar-refractivity contribution in [3.63, 3.8) is 0 Å². The predicted molar refractivity (Wildman–Crippen MR) is 70.7 cm³/mol. The van der Waals surface area contributed by atoms with Gasteiger partial charge in [-0.25, -0.2) is 0 Å². The maximum absolute atomic E-state index is 5.58. The van der Waals surface area contributed by atoms with Crippen LogP contribution in [0.3, 0.4) is 0 Å². The van der Waals surface area contributed by atoms with E-state index in [-0.39, 0.29) is 6.10 Å². The van der Waals surface area contributed by atoms with E-state index in [0.717, 1.165) is 56.6 Å². The van der Waals surface area contributed by atoms with Gasteiger partial charge in [0.2, 0.25) is 11.7 Å². The molecule has 2 atom stereocenters. The second-order valence-electron chi connectivity index (χ2n) is 5.82. The Morgan fingerprint density at radius 3 is 2.89 bits per heavy atom. The third kappa shape index (κ3) is 3.15. The number of rotatable bonds is 4. The highest BCUT2D eigenvalue weighted by molar-refractivity contribution is 4.94. The van der Waals surface area contributed by atoms with Gasteiger partial charge in [-0.15, -0.1) is 0 Å². The SMILES string of the molecule is CC(Cc1nc(C2CCCO2)no1)C1CCNCC1. The van der Waals surface area contributed by atoms with Crippen LogP contribution in [0.4, 0.5) is 0 Å². The molecule has 2 unspecified atom stereocenters. The van der Waals surface area contributed by atoms with Gasteiger partial charge in [0.05, 0.1) is 0 Å². The lowest BCUT2D eigenvalue weighted by atomic mass is 9.84. The topological polar surface area (TPSA) is 60.2 Å². The molecule has 3 heterocycles. The van der Waals surface area contributed by atoms with Crippen LogP contribution in [-0.2, 0) is 11.2 Å². The fraction of sp³-hybridized carbons (Fsp3) is 0.857. The van der Waals surface area contributed by atoms with Crippen LogP contribution in [0.1, 0.15) is 50.4 Å². The van der Waals surface area contributed by atoms with E-state index in [1.54, 1.807) is 0 Å². The van der Waals surface area contributed by atoms with E-state index in [2.05, 4.69) is 22.4 Å². The lowest BCUT2D eigenvalue weighted by Crippen LogP contribution is -2.31. The Hall–Kier alpha value is -0.940. The van der Waals surface area contributed by atoms with E-state index in [1.807, 2.05) is 0 Å². The molecule has 2 fully saturated rings. The first-order valence-corrected chi connectivity index (χ1v) is 7.47. The van der Waals surface area contributed by atoms with Gasteiger partial charge < -0.3 is 14.6 Å². The van der Waals surface area contributed by atoms with Gasteiger partial charge in [-0.1, -0.05) is 12.1 Å². The number of nitrogens with zero attached hydrogens (tertiary/aromatic N) is 2. The molecule has 2 saturated heterocycles. The normalized spacial score (nSPS) is 26.7. The number of aromatic nitrogens is 2. The Bertz CT molecular complexity index is 395. The largest absolute Gasteiger partial charge is 0.370 e. The van der Waals surface area contributed by atoms with Crippen LogP contribution in [-0.4, -0.2) is 29.8 Å². The molecule has 3 rings (SSSR count). The lowest BCUT2D eigenvalue weighted by Gasteiger charge is -2.27. The van der Waals surface area contributed by atoms with Crippen LogP contribution in [0, 0.1) is 11.8 Å².